The molecule has 154 valence electrons. The van der Waals surface area contributed by atoms with Crippen LogP contribution in [0.25, 0.3) is 33.5 Å². The highest BCUT2D eigenvalue weighted by molar-refractivity contribution is 5.93. The Balaban J connectivity index is 1.93. The highest BCUT2D eigenvalue weighted by atomic mass is 16.2. The number of aromatic amines is 1. The van der Waals surface area contributed by atoms with E-state index in [-0.39, 0.29) is 11.5 Å². The van der Waals surface area contributed by atoms with E-state index in [1.807, 2.05) is 49.4 Å². The van der Waals surface area contributed by atoms with Gasteiger partial charge in [0.1, 0.15) is 0 Å². The lowest BCUT2D eigenvalue weighted by Gasteiger charge is -2.07. The third-order valence-electron chi connectivity index (χ3n) is 5.21. The summed E-state index contributed by atoms with van der Waals surface area (Å²) in [6.07, 6.45) is 0. The Bertz CT molecular complexity index is 1320. The SMILES string of the molecule is Cc1cccc(-c2nc(C(N)=O)[nH]c2-c2ccc3c(c2)n(C)c(=O)n3CC(C)C)c1. The van der Waals surface area contributed by atoms with Gasteiger partial charge >= 0.3 is 5.69 Å². The third-order valence-corrected chi connectivity index (χ3v) is 5.21. The molecule has 0 aliphatic carbocycles. The van der Waals surface area contributed by atoms with Crippen molar-refractivity contribution in [2.24, 2.45) is 18.7 Å². The summed E-state index contributed by atoms with van der Waals surface area (Å²) in [5, 5.41) is 0. The predicted molar refractivity (Wildman–Crippen MR) is 118 cm³/mol. The van der Waals surface area contributed by atoms with E-state index in [0.29, 0.717) is 23.9 Å². The van der Waals surface area contributed by atoms with Crippen LogP contribution in [0.3, 0.4) is 0 Å². The standard InChI is InChI=1S/C23H25N5O2/c1-13(2)12-28-17-9-8-16(11-18(17)27(4)23(28)30)20-19(25-22(26-20)21(24)29)15-7-5-6-14(3)10-15/h5-11,13H,12H2,1-4H3,(H2,24,29)(H,25,26). The molecule has 0 saturated heterocycles. The molecule has 2 heterocycles. The smallest absolute Gasteiger partial charge is 0.328 e. The van der Waals surface area contributed by atoms with E-state index in [1.54, 1.807) is 16.2 Å². The lowest BCUT2D eigenvalue weighted by Crippen LogP contribution is -2.24. The first kappa shape index (κ1) is 19.7. The molecule has 2 aromatic heterocycles. The van der Waals surface area contributed by atoms with E-state index in [0.717, 1.165) is 27.7 Å². The lowest BCUT2D eigenvalue weighted by molar-refractivity contribution is 0.0991. The third kappa shape index (κ3) is 3.32. The molecule has 4 rings (SSSR count). The van der Waals surface area contributed by atoms with Gasteiger partial charge in [0.2, 0.25) is 0 Å². The highest BCUT2D eigenvalue weighted by Gasteiger charge is 2.19. The number of hydrogen-bond acceptors (Lipinski definition) is 3. The lowest BCUT2D eigenvalue weighted by atomic mass is 10.0. The summed E-state index contributed by atoms with van der Waals surface area (Å²) in [7, 11) is 1.77. The second-order valence-electron chi connectivity index (χ2n) is 8.09. The molecule has 0 spiro atoms. The van der Waals surface area contributed by atoms with E-state index >= 15 is 0 Å². The molecule has 0 bridgehead atoms. The van der Waals surface area contributed by atoms with Gasteiger partial charge in [-0.15, -0.1) is 0 Å². The number of carbonyl (C=O) groups excluding carboxylic acids is 1. The molecule has 0 radical (unpaired) electrons. The first-order chi connectivity index (χ1) is 14.3. The zero-order chi connectivity index (χ0) is 21.6. The van der Waals surface area contributed by atoms with Crippen LogP contribution < -0.4 is 11.4 Å². The first-order valence-corrected chi connectivity index (χ1v) is 9.92. The van der Waals surface area contributed by atoms with Crippen molar-refractivity contribution >= 4 is 16.9 Å². The van der Waals surface area contributed by atoms with Gasteiger partial charge in [0, 0.05) is 24.7 Å². The molecule has 3 N–H and O–H groups in total. The van der Waals surface area contributed by atoms with Gasteiger partial charge in [0.15, 0.2) is 5.82 Å². The van der Waals surface area contributed by atoms with Crippen molar-refractivity contribution < 1.29 is 4.79 Å². The van der Waals surface area contributed by atoms with Gasteiger partial charge in [-0.2, -0.15) is 0 Å². The molecule has 30 heavy (non-hydrogen) atoms. The summed E-state index contributed by atoms with van der Waals surface area (Å²) in [5.41, 5.74) is 11.3. The summed E-state index contributed by atoms with van der Waals surface area (Å²) in [6, 6.07) is 13.7. The Labute approximate surface area is 174 Å². The monoisotopic (exact) mass is 403 g/mol. The maximum absolute atomic E-state index is 12.7. The molecule has 2 aromatic carbocycles. The molecule has 7 heteroatoms. The summed E-state index contributed by atoms with van der Waals surface area (Å²) in [4.78, 5) is 32.1. The maximum atomic E-state index is 12.7. The predicted octanol–water partition coefficient (Wildman–Crippen LogP) is 3.46. The maximum Gasteiger partial charge on any atom is 0.328 e. The van der Waals surface area contributed by atoms with E-state index < -0.39 is 5.91 Å². The molecule has 0 fully saturated rings. The van der Waals surface area contributed by atoms with Gasteiger partial charge in [0.25, 0.3) is 5.91 Å². The number of imidazole rings is 2. The van der Waals surface area contributed by atoms with Crippen molar-refractivity contribution in [3.8, 4) is 22.5 Å². The van der Waals surface area contributed by atoms with Gasteiger partial charge in [-0.25, -0.2) is 9.78 Å². The average Bonchev–Trinajstić information content (AvgIpc) is 3.24. The molecule has 0 aliphatic rings. The minimum atomic E-state index is -0.619. The Morgan fingerprint density at radius 3 is 2.57 bits per heavy atom. The number of aryl methyl sites for hydroxylation is 2. The van der Waals surface area contributed by atoms with Crippen LogP contribution >= 0.6 is 0 Å². The van der Waals surface area contributed by atoms with Gasteiger partial charge < -0.3 is 10.7 Å². The number of fused-ring (bicyclic) bond motifs is 1. The molecule has 0 atom stereocenters. The molecule has 0 aliphatic heterocycles. The van der Waals surface area contributed by atoms with Crippen LogP contribution in [-0.4, -0.2) is 25.0 Å². The fraction of sp³-hybridized carbons (Fsp3) is 0.261. The number of aromatic nitrogens is 4. The van der Waals surface area contributed by atoms with Crippen LogP contribution in [0.15, 0.2) is 47.3 Å². The number of benzene rings is 2. The van der Waals surface area contributed by atoms with Crippen molar-refractivity contribution in [2.45, 2.75) is 27.3 Å². The summed E-state index contributed by atoms with van der Waals surface area (Å²) >= 11 is 0. The summed E-state index contributed by atoms with van der Waals surface area (Å²) in [6.45, 7) is 6.83. The van der Waals surface area contributed by atoms with Crippen LogP contribution in [0.4, 0.5) is 0 Å². The van der Waals surface area contributed by atoms with Gasteiger partial charge in [-0.1, -0.05) is 43.7 Å². The number of H-pyrrole nitrogens is 1. The van der Waals surface area contributed by atoms with Gasteiger partial charge in [0.05, 0.1) is 22.4 Å². The first-order valence-electron chi connectivity index (χ1n) is 9.92. The van der Waals surface area contributed by atoms with Gasteiger partial charge in [-0.3, -0.25) is 13.9 Å². The molecule has 1 amide bonds. The number of amides is 1. The van der Waals surface area contributed by atoms with Crippen molar-refractivity contribution in [2.75, 3.05) is 0 Å². The van der Waals surface area contributed by atoms with E-state index in [2.05, 4.69) is 23.8 Å². The highest BCUT2D eigenvalue weighted by Crippen LogP contribution is 2.32. The van der Waals surface area contributed by atoms with E-state index in [4.69, 9.17) is 5.73 Å². The van der Waals surface area contributed by atoms with Crippen molar-refractivity contribution in [1.82, 2.24) is 19.1 Å². The largest absolute Gasteiger partial charge is 0.363 e. The quantitative estimate of drug-likeness (QED) is 0.534. The van der Waals surface area contributed by atoms with Crippen molar-refractivity contribution in [1.29, 1.82) is 0 Å². The minimum Gasteiger partial charge on any atom is -0.363 e. The zero-order valence-electron chi connectivity index (χ0n) is 17.6. The Morgan fingerprint density at radius 2 is 1.90 bits per heavy atom. The number of nitrogens with zero attached hydrogens (tertiary/aromatic N) is 3. The number of hydrogen-bond donors (Lipinski definition) is 2. The fourth-order valence-electron chi connectivity index (χ4n) is 3.80. The van der Waals surface area contributed by atoms with Crippen molar-refractivity contribution in [3.05, 3.63) is 64.3 Å². The molecular weight excluding hydrogens is 378 g/mol. The van der Waals surface area contributed by atoms with Crippen LogP contribution in [-0.2, 0) is 13.6 Å². The zero-order valence-corrected chi connectivity index (χ0v) is 17.6. The number of rotatable bonds is 5. The molecule has 0 saturated carbocycles. The molecular formula is C23H25N5O2. The molecule has 0 unspecified atom stereocenters. The second-order valence-corrected chi connectivity index (χ2v) is 8.09. The average molecular weight is 403 g/mol. The van der Waals surface area contributed by atoms with Crippen LogP contribution in [0.2, 0.25) is 0 Å². The normalized spacial score (nSPS) is 11.5. The number of primary amides is 1. The Hall–Kier alpha value is -3.61. The second kappa shape index (κ2) is 7.33. The van der Waals surface area contributed by atoms with E-state index in [9.17, 15) is 9.59 Å². The number of carbonyl (C=O) groups is 1. The number of nitrogens with two attached hydrogens (primary N) is 1. The number of nitrogens with one attached hydrogen (secondary N) is 1. The van der Waals surface area contributed by atoms with Crippen LogP contribution in [0.5, 0.6) is 0 Å². The fourth-order valence-corrected chi connectivity index (χ4v) is 3.80. The Morgan fingerprint density at radius 1 is 1.13 bits per heavy atom. The Kier molecular flexibility index (Phi) is 4.81. The topological polar surface area (TPSA) is 98.7 Å². The van der Waals surface area contributed by atoms with E-state index in [1.165, 1.54) is 0 Å². The van der Waals surface area contributed by atoms with Crippen molar-refractivity contribution in [3.63, 3.8) is 0 Å². The minimum absolute atomic E-state index is 0.0443. The summed E-state index contributed by atoms with van der Waals surface area (Å²) < 4.78 is 3.45. The van der Waals surface area contributed by atoms with Crippen LogP contribution in [0, 0.1) is 12.8 Å². The van der Waals surface area contributed by atoms with Crippen LogP contribution in [0.1, 0.15) is 30.0 Å². The molecule has 7 nitrogen and oxygen atoms in total. The van der Waals surface area contributed by atoms with Gasteiger partial charge in [-0.05, 0) is 31.0 Å². The molecule has 4 aromatic rings. The summed E-state index contributed by atoms with van der Waals surface area (Å²) in [5.74, 6) is -0.161.